The lowest BCUT2D eigenvalue weighted by Crippen LogP contribution is -2.20. The topological polar surface area (TPSA) is 105 Å². The molecule has 3 N–H and O–H groups in total. The van der Waals surface area contributed by atoms with Crippen molar-refractivity contribution in [1.82, 2.24) is 20.6 Å². The van der Waals surface area contributed by atoms with E-state index in [-0.39, 0.29) is 12.1 Å². The molecule has 1 aliphatic heterocycles. The maximum Gasteiger partial charge on any atom is 0.323 e. The zero-order valence-corrected chi connectivity index (χ0v) is 18.0. The minimum atomic E-state index is -0.350. The van der Waals surface area contributed by atoms with Crippen molar-refractivity contribution < 1.29 is 9.53 Å². The van der Waals surface area contributed by atoms with Crippen molar-refractivity contribution in [1.29, 1.82) is 0 Å². The predicted molar refractivity (Wildman–Crippen MR) is 127 cm³/mol. The summed E-state index contributed by atoms with van der Waals surface area (Å²) in [5, 5.41) is 20.1. The number of fused-ring (bicyclic) bond motifs is 1. The Morgan fingerprint density at radius 1 is 1.12 bits per heavy atom. The second-order valence-corrected chi connectivity index (χ2v) is 7.85. The van der Waals surface area contributed by atoms with Gasteiger partial charge in [0.15, 0.2) is 5.82 Å². The van der Waals surface area contributed by atoms with E-state index < -0.39 is 0 Å². The Bertz CT molecular complexity index is 1320. The molecule has 2 heterocycles. The molecule has 8 heteroatoms. The van der Waals surface area contributed by atoms with Gasteiger partial charge in [-0.05, 0) is 52.7 Å². The number of hydrogen-bond acceptors (Lipinski definition) is 5. The van der Waals surface area contributed by atoms with Crippen LogP contribution < -0.4 is 15.4 Å². The molecule has 0 aliphatic carbocycles. The fraction of sp³-hybridized carbons (Fsp3) is 0.120. The zero-order chi connectivity index (χ0) is 22.8. The van der Waals surface area contributed by atoms with Crippen molar-refractivity contribution in [3.63, 3.8) is 0 Å². The van der Waals surface area contributed by atoms with Crippen molar-refractivity contribution in [2.75, 3.05) is 10.6 Å². The summed E-state index contributed by atoms with van der Waals surface area (Å²) in [6.07, 6.45) is 2.29. The smallest absolute Gasteiger partial charge is 0.323 e. The summed E-state index contributed by atoms with van der Waals surface area (Å²) >= 11 is 0. The van der Waals surface area contributed by atoms with Crippen molar-refractivity contribution in [2.45, 2.75) is 19.4 Å². The molecule has 3 aromatic carbocycles. The van der Waals surface area contributed by atoms with Gasteiger partial charge in [-0.15, -0.1) is 5.10 Å². The van der Waals surface area contributed by atoms with Crippen molar-refractivity contribution in [3.05, 3.63) is 84.4 Å². The molecule has 0 saturated carbocycles. The quantitative estimate of drug-likeness (QED) is 0.381. The van der Waals surface area contributed by atoms with Gasteiger partial charge in [0.25, 0.3) is 0 Å². The van der Waals surface area contributed by atoms with E-state index in [1.165, 1.54) is 0 Å². The maximum absolute atomic E-state index is 12.8. The summed E-state index contributed by atoms with van der Waals surface area (Å²) in [5.41, 5.74) is 6.12. The van der Waals surface area contributed by atoms with E-state index in [0.29, 0.717) is 29.4 Å². The minimum Gasteiger partial charge on any atom is -0.484 e. The van der Waals surface area contributed by atoms with Crippen LogP contribution in [0.25, 0.3) is 22.5 Å². The van der Waals surface area contributed by atoms with Crippen molar-refractivity contribution in [2.24, 2.45) is 0 Å². The zero-order valence-electron chi connectivity index (χ0n) is 18.0. The van der Waals surface area contributed by atoms with Crippen LogP contribution in [0.4, 0.5) is 16.2 Å². The van der Waals surface area contributed by atoms with Crippen LogP contribution in [0.2, 0.25) is 0 Å². The largest absolute Gasteiger partial charge is 0.484 e. The summed E-state index contributed by atoms with van der Waals surface area (Å²) in [6.45, 7) is 5.86. The Hall–Kier alpha value is -4.46. The number of carbonyl (C=O) groups is 1. The molecule has 1 unspecified atom stereocenters. The first-order valence-corrected chi connectivity index (χ1v) is 10.5. The third kappa shape index (κ3) is 4.18. The molecule has 0 fully saturated rings. The molecule has 0 bridgehead atoms. The lowest BCUT2D eigenvalue weighted by atomic mass is 9.95. The number of amides is 2. The van der Waals surface area contributed by atoms with Gasteiger partial charge in [-0.3, -0.25) is 0 Å². The van der Waals surface area contributed by atoms with Crippen molar-refractivity contribution >= 4 is 17.4 Å². The molecule has 33 heavy (non-hydrogen) atoms. The molecule has 2 amide bonds. The van der Waals surface area contributed by atoms with E-state index in [1.807, 2.05) is 61.5 Å². The van der Waals surface area contributed by atoms with E-state index in [1.54, 1.807) is 6.08 Å². The highest BCUT2D eigenvalue weighted by Crippen LogP contribution is 2.42. The predicted octanol–water partition coefficient (Wildman–Crippen LogP) is 4.98. The SMILES string of the molecule is C=CC1Cc2cc(-c3ccccc3-c3nnn[nH]3)cc(NC(=O)Nc3ccc(C)cc3)c2O1. The van der Waals surface area contributed by atoms with Crippen LogP contribution in [0.1, 0.15) is 11.1 Å². The van der Waals surface area contributed by atoms with Gasteiger partial charge in [-0.2, -0.15) is 0 Å². The monoisotopic (exact) mass is 438 g/mol. The summed E-state index contributed by atoms with van der Waals surface area (Å²) in [6, 6.07) is 19.1. The van der Waals surface area contributed by atoms with Crippen LogP contribution in [-0.4, -0.2) is 32.8 Å². The van der Waals surface area contributed by atoms with E-state index in [2.05, 4.69) is 43.9 Å². The van der Waals surface area contributed by atoms with Gasteiger partial charge in [0, 0.05) is 23.2 Å². The number of benzene rings is 3. The van der Waals surface area contributed by atoms with Gasteiger partial charge in [0.2, 0.25) is 0 Å². The fourth-order valence-electron chi connectivity index (χ4n) is 3.91. The number of carbonyl (C=O) groups excluding carboxylic acids is 1. The Labute approximate surface area is 190 Å². The number of nitrogens with zero attached hydrogens (tertiary/aromatic N) is 3. The molecule has 4 aromatic rings. The summed E-state index contributed by atoms with van der Waals surface area (Å²) in [7, 11) is 0. The van der Waals surface area contributed by atoms with E-state index in [0.717, 1.165) is 27.8 Å². The second-order valence-electron chi connectivity index (χ2n) is 7.85. The molecule has 1 aromatic heterocycles. The molecular formula is C25H22N6O2. The summed E-state index contributed by atoms with van der Waals surface area (Å²) in [4.78, 5) is 12.8. The highest BCUT2D eigenvalue weighted by atomic mass is 16.5. The molecule has 8 nitrogen and oxygen atoms in total. The van der Waals surface area contributed by atoms with Gasteiger partial charge in [0.1, 0.15) is 11.9 Å². The lowest BCUT2D eigenvalue weighted by Gasteiger charge is -2.15. The Balaban J connectivity index is 1.52. The number of urea groups is 1. The molecule has 0 spiro atoms. The van der Waals surface area contributed by atoms with Gasteiger partial charge < -0.3 is 15.4 Å². The summed E-state index contributed by atoms with van der Waals surface area (Å²) in [5.74, 6) is 1.22. The first-order chi connectivity index (χ1) is 16.1. The van der Waals surface area contributed by atoms with Gasteiger partial charge in [-0.1, -0.05) is 54.6 Å². The van der Waals surface area contributed by atoms with Crippen LogP contribution in [0, 0.1) is 6.92 Å². The van der Waals surface area contributed by atoms with E-state index >= 15 is 0 Å². The molecule has 1 atom stereocenters. The van der Waals surface area contributed by atoms with Crippen LogP contribution >= 0.6 is 0 Å². The van der Waals surface area contributed by atoms with Gasteiger partial charge in [-0.25, -0.2) is 9.89 Å². The van der Waals surface area contributed by atoms with Crippen LogP contribution in [0.15, 0.2) is 73.3 Å². The third-order valence-electron chi connectivity index (χ3n) is 5.52. The molecule has 1 aliphatic rings. The van der Waals surface area contributed by atoms with E-state index in [9.17, 15) is 4.79 Å². The Morgan fingerprint density at radius 3 is 2.64 bits per heavy atom. The molecule has 0 radical (unpaired) electrons. The first-order valence-electron chi connectivity index (χ1n) is 10.5. The van der Waals surface area contributed by atoms with Crippen LogP contribution in [0.3, 0.4) is 0 Å². The Kier molecular flexibility index (Phi) is 5.32. The fourth-order valence-corrected chi connectivity index (χ4v) is 3.91. The van der Waals surface area contributed by atoms with Crippen LogP contribution in [-0.2, 0) is 6.42 Å². The average Bonchev–Trinajstić information content (AvgIpc) is 3.50. The normalized spacial score (nSPS) is 14.3. The molecule has 5 rings (SSSR count). The molecule has 164 valence electrons. The standard InChI is InChI=1S/C25H22N6O2/c1-3-19-13-17-12-16(20-6-4-5-7-21(20)24-28-30-31-29-24)14-22(23(17)33-19)27-25(32)26-18-10-8-15(2)9-11-18/h3-12,14,19H,1,13H2,2H3,(H2,26,27,32)(H,28,29,30,31). The van der Waals surface area contributed by atoms with E-state index in [4.69, 9.17) is 4.74 Å². The average molecular weight is 438 g/mol. The minimum absolute atomic E-state index is 0.148. The number of aryl methyl sites for hydroxylation is 1. The third-order valence-corrected chi connectivity index (χ3v) is 5.52. The number of anilines is 2. The Morgan fingerprint density at radius 2 is 1.91 bits per heavy atom. The maximum atomic E-state index is 12.8. The van der Waals surface area contributed by atoms with Gasteiger partial charge in [0.05, 0.1) is 5.69 Å². The van der Waals surface area contributed by atoms with Crippen LogP contribution in [0.5, 0.6) is 5.75 Å². The number of H-pyrrole nitrogens is 1. The number of hydrogen-bond donors (Lipinski definition) is 3. The molecule has 0 saturated heterocycles. The molecular weight excluding hydrogens is 416 g/mol. The highest BCUT2D eigenvalue weighted by molar-refractivity contribution is 6.01. The second kappa shape index (κ2) is 8.58. The highest BCUT2D eigenvalue weighted by Gasteiger charge is 2.26. The summed E-state index contributed by atoms with van der Waals surface area (Å²) < 4.78 is 6.05. The number of aromatic nitrogens is 4. The number of rotatable bonds is 5. The number of ether oxygens (including phenoxy) is 1. The number of tetrazole rings is 1. The lowest BCUT2D eigenvalue weighted by molar-refractivity contribution is 0.261. The first kappa shape index (κ1) is 20.4. The van der Waals surface area contributed by atoms with Gasteiger partial charge >= 0.3 is 6.03 Å². The number of nitrogens with one attached hydrogen (secondary N) is 3. The number of aromatic amines is 1. The van der Waals surface area contributed by atoms with Crippen molar-refractivity contribution in [3.8, 4) is 28.3 Å².